The summed E-state index contributed by atoms with van der Waals surface area (Å²) in [5.41, 5.74) is 1.05. The molecule has 2 aromatic rings. The molecule has 2 aromatic heterocycles. The molecule has 17 heavy (non-hydrogen) atoms. The maximum atomic E-state index is 6.15. The second-order valence-corrected chi connectivity index (χ2v) is 5.45. The van der Waals surface area contributed by atoms with Crippen LogP contribution in [0.4, 0.5) is 0 Å². The van der Waals surface area contributed by atoms with Crippen LogP contribution in [-0.4, -0.2) is 12.0 Å². The van der Waals surface area contributed by atoms with Crippen molar-refractivity contribution < 1.29 is 0 Å². The van der Waals surface area contributed by atoms with Gasteiger partial charge in [-0.2, -0.15) is 0 Å². The minimum absolute atomic E-state index is 0.154. The van der Waals surface area contributed by atoms with Gasteiger partial charge in [-0.1, -0.05) is 23.2 Å². The van der Waals surface area contributed by atoms with Gasteiger partial charge in [0.25, 0.3) is 0 Å². The number of hydrogen-bond donors (Lipinski definition) is 1. The number of aromatic nitrogens is 1. The predicted molar refractivity (Wildman–Crippen MR) is 74.1 cm³/mol. The van der Waals surface area contributed by atoms with Gasteiger partial charge in [-0.15, -0.1) is 11.3 Å². The summed E-state index contributed by atoms with van der Waals surface area (Å²) in [6, 6.07) is 4.01. The standard InChI is InChI=1S/C12H12Cl2N2S/c1-15-11(6-12-9(13)3-5-17-12)8-2-4-16-7-10(8)14/h2-5,7,11,15H,6H2,1H3. The molecule has 0 aromatic carbocycles. The summed E-state index contributed by atoms with van der Waals surface area (Å²) in [7, 11) is 1.92. The summed E-state index contributed by atoms with van der Waals surface area (Å²) in [4.78, 5) is 5.16. The number of hydrogen-bond acceptors (Lipinski definition) is 3. The number of rotatable bonds is 4. The Hall–Kier alpha value is -0.610. The summed E-state index contributed by atoms with van der Waals surface area (Å²) in [5, 5.41) is 6.76. The Morgan fingerprint density at radius 3 is 2.76 bits per heavy atom. The number of nitrogens with one attached hydrogen (secondary N) is 1. The van der Waals surface area contributed by atoms with Crippen molar-refractivity contribution in [2.75, 3.05) is 7.05 Å². The van der Waals surface area contributed by atoms with E-state index in [1.165, 1.54) is 4.88 Å². The first-order valence-corrected chi connectivity index (χ1v) is 6.84. The van der Waals surface area contributed by atoms with Crippen molar-refractivity contribution in [2.45, 2.75) is 12.5 Å². The highest BCUT2D eigenvalue weighted by Crippen LogP contribution is 2.30. The molecule has 1 atom stereocenters. The average Bonchev–Trinajstić information content (AvgIpc) is 2.73. The monoisotopic (exact) mass is 286 g/mol. The molecule has 1 N–H and O–H groups in total. The van der Waals surface area contributed by atoms with Gasteiger partial charge in [-0.05, 0) is 30.1 Å². The minimum Gasteiger partial charge on any atom is -0.313 e. The quantitative estimate of drug-likeness (QED) is 0.921. The van der Waals surface area contributed by atoms with Gasteiger partial charge in [0.1, 0.15) is 0 Å². The van der Waals surface area contributed by atoms with Gasteiger partial charge in [-0.3, -0.25) is 4.98 Å². The Morgan fingerprint density at radius 2 is 2.18 bits per heavy atom. The molecule has 0 saturated heterocycles. The number of pyridine rings is 1. The zero-order valence-electron chi connectivity index (χ0n) is 9.28. The van der Waals surface area contributed by atoms with Crippen LogP contribution in [-0.2, 0) is 6.42 Å². The summed E-state index contributed by atoms with van der Waals surface area (Å²) in [6.45, 7) is 0. The van der Waals surface area contributed by atoms with E-state index in [0.717, 1.165) is 17.0 Å². The molecule has 0 saturated carbocycles. The predicted octanol–water partition coefficient (Wildman–Crippen LogP) is 3.95. The molecule has 0 aliphatic heterocycles. The number of likely N-dealkylation sites (N-methyl/N-ethyl adjacent to an activating group) is 1. The minimum atomic E-state index is 0.154. The van der Waals surface area contributed by atoms with Gasteiger partial charge in [0.05, 0.1) is 10.0 Å². The van der Waals surface area contributed by atoms with Crippen LogP contribution in [0.25, 0.3) is 0 Å². The molecule has 5 heteroatoms. The van der Waals surface area contributed by atoms with Gasteiger partial charge in [0.2, 0.25) is 0 Å². The zero-order chi connectivity index (χ0) is 12.3. The topological polar surface area (TPSA) is 24.9 Å². The average molecular weight is 287 g/mol. The Bertz CT molecular complexity index is 499. The molecule has 0 bridgehead atoms. The molecular weight excluding hydrogens is 275 g/mol. The van der Waals surface area contributed by atoms with E-state index in [1.807, 2.05) is 24.6 Å². The summed E-state index contributed by atoms with van der Waals surface area (Å²) >= 11 is 13.9. The molecule has 0 aliphatic rings. The normalized spacial score (nSPS) is 12.6. The highest BCUT2D eigenvalue weighted by atomic mass is 35.5. The third-order valence-electron chi connectivity index (χ3n) is 2.61. The van der Waals surface area contributed by atoms with Gasteiger partial charge in [0, 0.05) is 29.7 Å². The summed E-state index contributed by atoms with van der Waals surface area (Å²) < 4.78 is 0. The number of nitrogens with zero attached hydrogens (tertiary/aromatic N) is 1. The van der Waals surface area contributed by atoms with Gasteiger partial charge in [0.15, 0.2) is 0 Å². The van der Waals surface area contributed by atoms with E-state index in [2.05, 4.69) is 10.3 Å². The van der Waals surface area contributed by atoms with E-state index in [-0.39, 0.29) is 6.04 Å². The van der Waals surface area contributed by atoms with Crippen molar-refractivity contribution in [3.63, 3.8) is 0 Å². The summed E-state index contributed by atoms with van der Waals surface area (Å²) in [5.74, 6) is 0. The molecule has 2 heterocycles. The third-order valence-corrected chi connectivity index (χ3v) is 4.33. The van der Waals surface area contributed by atoms with Crippen LogP contribution in [0.1, 0.15) is 16.5 Å². The molecule has 0 fully saturated rings. The number of halogens is 2. The lowest BCUT2D eigenvalue weighted by atomic mass is 10.0. The molecule has 90 valence electrons. The van der Waals surface area contributed by atoms with Gasteiger partial charge < -0.3 is 5.32 Å². The van der Waals surface area contributed by atoms with Crippen LogP contribution < -0.4 is 5.32 Å². The van der Waals surface area contributed by atoms with E-state index < -0.39 is 0 Å². The smallest absolute Gasteiger partial charge is 0.0637 e. The van der Waals surface area contributed by atoms with Crippen molar-refractivity contribution in [3.05, 3.63) is 50.4 Å². The fraction of sp³-hybridized carbons (Fsp3) is 0.250. The zero-order valence-corrected chi connectivity index (χ0v) is 11.6. The first kappa shape index (κ1) is 12.8. The molecular formula is C12H12Cl2N2S. The van der Waals surface area contributed by atoms with E-state index in [1.54, 1.807) is 23.7 Å². The van der Waals surface area contributed by atoms with Gasteiger partial charge in [-0.25, -0.2) is 0 Å². The van der Waals surface area contributed by atoms with Crippen molar-refractivity contribution >= 4 is 34.5 Å². The van der Waals surface area contributed by atoms with E-state index >= 15 is 0 Å². The molecule has 0 spiro atoms. The third kappa shape index (κ3) is 2.99. The lowest BCUT2D eigenvalue weighted by Gasteiger charge is -2.17. The first-order chi connectivity index (χ1) is 8.22. The lowest BCUT2D eigenvalue weighted by Crippen LogP contribution is -2.19. The van der Waals surface area contributed by atoms with Crippen LogP contribution in [0.15, 0.2) is 29.9 Å². The Labute approximate surface area is 115 Å². The van der Waals surface area contributed by atoms with Crippen LogP contribution in [0.5, 0.6) is 0 Å². The fourth-order valence-corrected chi connectivity index (χ4v) is 3.10. The maximum absolute atomic E-state index is 6.15. The SMILES string of the molecule is CNC(Cc1sccc1Cl)c1ccncc1Cl. The number of thiophene rings is 1. The molecule has 0 aliphatic carbocycles. The maximum Gasteiger partial charge on any atom is 0.0637 e. The van der Waals surface area contributed by atoms with Gasteiger partial charge >= 0.3 is 0 Å². The van der Waals surface area contributed by atoms with E-state index in [0.29, 0.717) is 5.02 Å². The lowest BCUT2D eigenvalue weighted by molar-refractivity contribution is 0.596. The van der Waals surface area contributed by atoms with E-state index in [9.17, 15) is 0 Å². The molecule has 0 radical (unpaired) electrons. The molecule has 2 rings (SSSR count). The first-order valence-electron chi connectivity index (χ1n) is 5.21. The second kappa shape index (κ2) is 5.83. The fourth-order valence-electron chi connectivity index (χ4n) is 1.69. The van der Waals surface area contributed by atoms with Crippen LogP contribution >= 0.6 is 34.5 Å². The van der Waals surface area contributed by atoms with Crippen molar-refractivity contribution in [3.8, 4) is 0 Å². The van der Waals surface area contributed by atoms with Crippen molar-refractivity contribution in [1.82, 2.24) is 10.3 Å². The molecule has 1 unspecified atom stereocenters. The molecule has 0 amide bonds. The van der Waals surface area contributed by atoms with Crippen LogP contribution in [0.3, 0.4) is 0 Å². The van der Waals surface area contributed by atoms with Crippen LogP contribution in [0.2, 0.25) is 10.0 Å². The largest absolute Gasteiger partial charge is 0.313 e. The van der Waals surface area contributed by atoms with E-state index in [4.69, 9.17) is 23.2 Å². The highest BCUT2D eigenvalue weighted by molar-refractivity contribution is 7.10. The Morgan fingerprint density at radius 1 is 1.35 bits per heavy atom. The highest BCUT2D eigenvalue weighted by Gasteiger charge is 2.15. The van der Waals surface area contributed by atoms with Crippen molar-refractivity contribution in [1.29, 1.82) is 0 Å². The Kier molecular flexibility index (Phi) is 4.40. The molecule has 2 nitrogen and oxygen atoms in total. The van der Waals surface area contributed by atoms with Crippen molar-refractivity contribution in [2.24, 2.45) is 0 Å². The van der Waals surface area contributed by atoms with Crippen LogP contribution in [0, 0.1) is 0 Å². The Balaban J connectivity index is 2.23. The summed E-state index contributed by atoms with van der Waals surface area (Å²) in [6.07, 6.45) is 4.25. The second-order valence-electron chi connectivity index (χ2n) is 3.63.